The zero-order valence-electron chi connectivity index (χ0n) is 36.2. The Kier molecular flexibility index (Phi) is 19.7. The molecule has 5 aliphatic rings. The molecule has 68 heavy (non-hydrogen) atoms. The molecule has 31 heteroatoms. The molecule has 0 spiro atoms. The van der Waals surface area contributed by atoms with Crippen molar-refractivity contribution in [2.45, 2.75) is 179 Å². The molecule has 2 amide bonds. The topological polar surface area (TPSA) is 502 Å². The molecule has 0 aromatic heterocycles. The third-order valence-corrected chi connectivity index (χ3v) is 12.1. The molecule has 0 aromatic carbocycles. The molecular weight excluding hydrogens is 936 g/mol. The molecule has 0 aliphatic carbocycles. The van der Waals surface area contributed by atoms with Gasteiger partial charge in [0.1, 0.15) is 116 Å². The largest absolute Gasteiger partial charge is 0.477 e. The summed E-state index contributed by atoms with van der Waals surface area (Å²) in [7, 11) is 0. The van der Waals surface area contributed by atoms with E-state index in [2.05, 4.69) is 10.6 Å². The van der Waals surface area contributed by atoms with Gasteiger partial charge in [-0.15, -0.1) is 0 Å². The lowest BCUT2D eigenvalue weighted by molar-refractivity contribution is -0.402. The van der Waals surface area contributed by atoms with Crippen molar-refractivity contribution in [3.8, 4) is 0 Å². The highest BCUT2D eigenvalue weighted by atomic mass is 16.8. The van der Waals surface area contributed by atoms with E-state index >= 15 is 0 Å². The Bertz CT molecular complexity index is 1650. The second kappa shape index (κ2) is 23.8. The summed E-state index contributed by atoms with van der Waals surface area (Å²) in [5.41, 5.74) is 0. The minimum absolute atomic E-state index is 0.856. The molecule has 5 aliphatic heterocycles. The highest BCUT2D eigenvalue weighted by Crippen LogP contribution is 2.40. The smallest absolute Gasteiger partial charge is 0.364 e. The predicted octanol–water partition coefficient (Wildman–Crippen LogP) is -12.4. The van der Waals surface area contributed by atoms with Gasteiger partial charge in [-0.2, -0.15) is 0 Å². The summed E-state index contributed by atoms with van der Waals surface area (Å²) in [5, 5.41) is 185. The SMILES string of the molecule is CC(=O)NC1C(O[C@@H]2OC(CO)[C@H](O)C(O)C2O)[C@@H](O)C(CO)O[C@H]1O[C@H]1C(CO)O[C@@H](O[C@@H]2C(CO)O[C@@H](O)C(O)C2O)C(O)C1O[C@]1(C(=O)O)C[C@@H](O)[C@@H](NC(C)=O)[C@H]([C@H](O)[C@H](O)CO)O1. The van der Waals surface area contributed by atoms with Gasteiger partial charge in [-0.1, -0.05) is 0 Å². The second-order valence-electron chi connectivity index (χ2n) is 16.8. The molecule has 0 bridgehead atoms. The molecule has 0 radical (unpaired) electrons. The van der Waals surface area contributed by atoms with Gasteiger partial charge in [0.05, 0.1) is 45.2 Å². The first kappa shape index (κ1) is 56.3. The Morgan fingerprint density at radius 2 is 1.07 bits per heavy atom. The maximum atomic E-state index is 13.4. The van der Waals surface area contributed by atoms with Crippen molar-refractivity contribution in [1.82, 2.24) is 10.6 Å². The third kappa shape index (κ3) is 11.8. The number of carboxylic acids is 1. The fraction of sp³-hybridized carbons (Fsp3) is 0.919. The summed E-state index contributed by atoms with van der Waals surface area (Å²) in [6.45, 7) is -3.48. The van der Waals surface area contributed by atoms with Crippen LogP contribution in [0.15, 0.2) is 0 Å². The molecule has 5 fully saturated rings. The van der Waals surface area contributed by atoms with Crippen molar-refractivity contribution in [3.63, 3.8) is 0 Å². The zero-order valence-corrected chi connectivity index (χ0v) is 36.2. The summed E-state index contributed by atoms with van der Waals surface area (Å²) in [6, 6.07) is -3.59. The van der Waals surface area contributed by atoms with Crippen LogP contribution in [-0.4, -0.2) is 297 Å². The summed E-state index contributed by atoms with van der Waals surface area (Å²) < 4.78 is 51.6. The van der Waals surface area contributed by atoms with Gasteiger partial charge in [-0.25, -0.2) is 4.79 Å². The number of carbonyl (C=O) groups excluding carboxylic acids is 2. The Balaban J connectivity index is 1.61. The summed E-state index contributed by atoms with van der Waals surface area (Å²) in [6.07, 6.45) is -48.5. The van der Waals surface area contributed by atoms with E-state index in [9.17, 15) is 101 Å². The Labute approximate surface area is 384 Å². The van der Waals surface area contributed by atoms with Gasteiger partial charge >= 0.3 is 5.97 Å². The van der Waals surface area contributed by atoms with E-state index in [0.29, 0.717) is 0 Å². The second-order valence-corrected chi connectivity index (χ2v) is 16.8. The van der Waals surface area contributed by atoms with Crippen molar-refractivity contribution in [1.29, 1.82) is 0 Å². The summed E-state index contributed by atoms with van der Waals surface area (Å²) in [5.74, 6) is -7.24. The van der Waals surface area contributed by atoms with E-state index in [1.807, 2.05) is 0 Å². The van der Waals surface area contributed by atoms with Crippen LogP contribution in [0, 0.1) is 0 Å². The van der Waals surface area contributed by atoms with Crippen LogP contribution in [0.1, 0.15) is 20.3 Å². The number of carboxylic acid groups (broad SMARTS) is 1. The van der Waals surface area contributed by atoms with Gasteiger partial charge in [0, 0.05) is 20.3 Å². The van der Waals surface area contributed by atoms with E-state index < -0.39 is 216 Å². The lowest BCUT2D eigenvalue weighted by Gasteiger charge is -2.52. The van der Waals surface area contributed by atoms with E-state index in [-0.39, 0.29) is 0 Å². The van der Waals surface area contributed by atoms with Crippen LogP contribution < -0.4 is 10.6 Å². The molecular formula is C37H62N2O29. The first-order valence-corrected chi connectivity index (χ1v) is 21.2. The molecule has 26 atom stereocenters. The van der Waals surface area contributed by atoms with Crippen LogP contribution in [0.4, 0.5) is 0 Å². The molecule has 0 aromatic rings. The molecule has 31 nitrogen and oxygen atoms in total. The molecule has 19 N–H and O–H groups in total. The Morgan fingerprint density at radius 3 is 1.63 bits per heavy atom. The first-order valence-electron chi connectivity index (χ1n) is 21.2. The highest BCUT2D eigenvalue weighted by Gasteiger charge is 2.62. The van der Waals surface area contributed by atoms with E-state index in [1.165, 1.54) is 0 Å². The number of rotatable bonds is 18. The van der Waals surface area contributed by atoms with Crippen molar-refractivity contribution in [2.24, 2.45) is 0 Å². The number of ether oxygens (including phenoxy) is 9. The van der Waals surface area contributed by atoms with Gasteiger partial charge in [-0.3, -0.25) is 9.59 Å². The number of amides is 2. The van der Waals surface area contributed by atoms with E-state index in [1.54, 1.807) is 0 Å². The molecule has 12 unspecified atom stereocenters. The summed E-state index contributed by atoms with van der Waals surface area (Å²) in [4.78, 5) is 38.3. The van der Waals surface area contributed by atoms with Crippen molar-refractivity contribution in [3.05, 3.63) is 0 Å². The minimum Gasteiger partial charge on any atom is -0.477 e. The number of hydrogen-bond donors (Lipinski definition) is 19. The van der Waals surface area contributed by atoms with Crippen LogP contribution in [0.25, 0.3) is 0 Å². The van der Waals surface area contributed by atoms with Crippen LogP contribution in [0.2, 0.25) is 0 Å². The van der Waals surface area contributed by atoms with Crippen molar-refractivity contribution in [2.75, 3.05) is 33.0 Å². The quantitative estimate of drug-likeness (QED) is 0.0606. The standard InChI is InChI=1S/C37H62N2O29/c1-9(45)38-17-11(47)3-37(36(58)59,67-30(17)19(49)12(48)4-40)68-31-26(56)35(64-27-15(7-43)60-32(57)24(54)23(27)53)63-16(8-44)28(31)65-33-18(39-10(2)46)29(21(51)14(6-42)61-33)66-34-25(55)22(52)20(50)13(5-41)62-34/h11-35,40-44,47-57H,3-8H2,1-2H3,(H,38,45)(H,39,46)(H,58,59)/t11-,12-,13?,14?,15?,16?,17-,18?,19-,20+,21+,22?,23?,24?,25?,26?,27-,28+,29?,30-,31?,32-,33+,34+,35+,37+/m1/s1. The first-order chi connectivity index (χ1) is 32.0. The zero-order chi connectivity index (χ0) is 50.7. The molecule has 0 saturated carbocycles. The molecule has 5 heterocycles. The number of aliphatic carboxylic acids is 1. The number of carbonyl (C=O) groups is 3. The number of aliphatic hydroxyl groups excluding tert-OH is 16. The fourth-order valence-corrected chi connectivity index (χ4v) is 8.53. The number of aliphatic hydroxyl groups is 16. The van der Waals surface area contributed by atoms with Gasteiger partial charge in [0.2, 0.25) is 11.8 Å². The van der Waals surface area contributed by atoms with Gasteiger partial charge < -0.3 is 140 Å². The lowest BCUT2D eigenvalue weighted by Crippen LogP contribution is -2.72. The van der Waals surface area contributed by atoms with Gasteiger partial charge in [-0.05, 0) is 0 Å². The monoisotopic (exact) mass is 998 g/mol. The van der Waals surface area contributed by atoms with Crippen LogP contribution in [-0.2, 0) is 57.0 Å². The number of hydrogen-bond acceptors (Lipinski definition) is 28. The van der Waals surface area contributed by atoms with Crippen molar-refractivity contribution < 1.29 is 144 Å². The minimum atomic E-state index is -3.32. The third-order valence-electron chi connectivity index (χ3n) is 12.1. The van der Waals surface area contributed by atoms with Crippen LogP contribution in [0.5, 0.6) is 0 Å². The molecule has 394 valence electrons. The summed E-state index contributed by atoms with van der Waals surface area (Å²) >= 11 is 0. The molecule has 5 rings (SSSR count). The lowest BCUT2D eigenvalue weighted by atomic mass is 9.88. The number of nitrogens with one attached hydrogen (secondary N) is 2. The maximum absolute atomic E-state index is 13.4. The van der Waals surface area contributed by atoms with E-state index in [0.717, 1.165) is 13.8 Å². The van der Waals surface area contributed by atoms with Crippen molar-refractivity contribution >= 4 is 17.8 Å². The highest BCUT2D eigenvalue weighted by molar-refractivity contribution is 5.76. The normalized spacial score (nSPS) is 46.6. The van der Waals surface area contributed by atoms with Crippen LogP contribution >= 0.6 is 0 Å². The predicted molar refractivity (Wildman–Crippen MR) is 207 cm³/mol. The fourth-order valence-electron chi connectivity index (χ4n) is 8.53. The van der Waals surface area contributed by atoms with Crippen LogP contribution in [0.3, 0.4) is 0 Å². The Hall–Kier alpha value is -2.59. The molecule has 5 saturated heterocycles. The average Bonchev–Trinajstić information content (AvgIpc) is 3.29. The van der Waals surface area contributed by atoms with Gasteiger partial charge in [0.15, 0.2) is 25.2 Å². The van der Waals surface area contributed by atoms with Gasteiger partial charge in [0.25, 0.3) is 5.79 Å². The Morgan fingerprint density at radius 1 is 0.574 bits per heavy atom. The maximum Gasteiger partial charge on any atom is 0.364 e. The average molecular weight is 999 g/mol. The van der Waals surface area contributed by atoms with E-state index in [4.69, 9.17) is 42.6 Å².